The maximum absolute atomic E-state index is 12.6. The summed E-state index contributed by atoms with van der Waals surface area (Å²) < 4.78 is 12.6. The molecule has 3 N–H and O–H groups in total. The third-order valence-corrected chi connectivity index (χ3v) is 2.99. The molecule has 0 aliphatic rings. The van der Waals surface area contributed by atoms with Crippen molar-refractivity contribution in [1.82, 2.24) is 9.97 Å². The predicted octanol–water partition coefficient (Wildman–Crippen LogP) is 1.82. The van der Waals surface area contributed by atoms with E-state index in [-0.39, 0.29) is 5.91 Å². The van der Waals surface area contributed by atoms with E-state index in [9.17, 15) is 9.18 Å². The Morgan fingerprint density at radius 1 is 1.53 bits per heavy atom. The molecule has 2 aromatic rings. The number of amides is 1. The predicted molar refractivity (Wildman–Crippen MR) is 63.4 cm³/mol. The van der Waals surface area contributed by atoms with E-state index in [1.165, 1.54) is 18.3 Å². The van der Waals surface area contributed by atoms with Crippen molar-refractivity contribution in [3.63, 3.8) is 0 Å². The van der Waals surface area contributed by atoms with Crippen molar-refractivity contribution >= 4 is 28.1 Å². The Morgan fingerprint density at radius 2 is 2.29 bits per heavy atom. The minimum absolute atomic E-state index is 0.329. The zero-order chi connectivity index (χ0) is 12.4. The molecule has 5 nitrogen and oxygen atoms in total. The summed E-state index contributed by atoms with van der Waals surface area (Å²) in [6.07, 6.45) is 1.24. The number of halogens is 1. The van der Waals surface area contributed by atoms with Crippen molar-refractivity contribution in [2.75, 3.05) is 11.1 Å². The SMILES string of the molecule is Cc1nc(N)sc1C(=O)Nc1ccc(F)nc1. The normalized spacial score (nSPS) is 10.2. The zero-order valence-electron chi connectivity index (χ0n) is 8.90. The van der Waals surface area contributed by atoms with Crippen molar-refractivity contribution in [2.24, 2.45) is 0 Å². The second kappa shape index (κ2) is 4.46. The Balaban J connectivity index is 2.17. The maximum atomic E-state index is 12.6. The van der Waals surface area contributed by atoms with Gasteiger partial charge in [-0.05, 0) is 19.1 Å². The zero-order valence-corrected chi connectivity index (χ0v) is 9.71. The van der Waals surface area contributed by atoms with Gasteiger partial charge in [-0.2, -0.15) is 4.39 Å². The molecule has 0 aliphatic heterocycles. The monoisotopic (exact) mass is 252 g/mol. The molecular formula is C10H9FN4OS. The molecular weight excluding hydrogens is 243 g/mol. The van der Waals surface area contributed by atoms with Gasteiger partial charge in [-0.15, -0.1) is 0 Å². The summed E-state index contributed by atoms with van der Waals surface area (Å²) in [5.74, 6) is -0.925. The molecule has 0 atom stereocenters. The van der Waals surface area contributed by atoms with Gasteiger partial charge < -0.3 is 11.1 Å². The number of thiazole rings is 1. The number of hydrogen-bond donors (Lipinski definition) is 2. The average Bonchev–Trinajstić information content (AvgIpc) is 2.61. The summed E-state index contributed by atoms with van der Waals surface area (Å²) in [4.78, 5) is 19.6. The summed E-state index contributed by atoms with van der Waals surface area (Å²) in [5, 5.41) is 2.92. The highest BCUT2D eigenvalue weighted by Crippen LogP contribution is 2.20. The van der Waals surface area contributed by atoms with Crippen LogP contribution in [0.5, 0.6) is 0 Å². The first-order valence-electron chi connectivity index (χ1n) is 4.72. The van der Waals surface area contributed by atoms with Gasteiger partial charge in [-0.25, -0.2) is 9.97 Å². The topological polar surface area (TPSA) is 80.9 Å². The van der Waals surface area contributed by atoms with E-state index in [4.69, 9.17) is 5.73 Å². The number of aromatic nitrogens is 2. The molecule has 88 valence electrons. The lowest BCUT2D eigenvalue weighted by atomic mass is 10.3. The fraction of sp³-hybridized carbons (Fsp3) is 0.100. The van der Waals surface area contributed by atoms with E-state index in [1.807, 2.05) is 0 Å². The molecule has 0 unspecified atom stereocenters. The number of nitrogens with two attached hydrogens (primary N) is 1. The van der Waals surface area contributed by atoms with Crippen LogP contribution in [0.4, 0.5) is 15.2 Å². The average molecular weight is 252 g/mol. The minimum atomic E-state index is -0.596. The summed E-state index contributed by atoms with van der Waals surface area (Å²) in [6, 6.07) is 2.60. The number of nitrogen functional groups attached to an aromatic ring is 1. The number of nitrogens with zero attached hydrogens (tertiary/aromatic N) is 2. The Morgan fingerprint density at radius 3 is 2.82 bits per heavy atom. The van der Waals surface area contributed by atoms with E-state index in [0.717, 1.165) is 11.3 Å². The van der Waals surface area contributed by atoms with Gasteiger partial charge in [0.15, 0.2) is 5.13 Å². The van der Waals surface area contributed by atoms with Gasteiger partial charge in [-0.3, -0.25) is 4.79 Å². The first-order valence-corrected chi connectivity index (χ1v) is 5.53. The largest absolute Gasteiger partial charge is 0.375 e. The highest BCUT2D eigenvalue weighted by atomic mass is 32.1. The quantitative estimate of drug-likeness (QED) is 0.799. The third-order valence-electron chi connectivity index (χ3n) is 2.00. The Labute approximate surface area is 101 Å². The number of pyridine rings is 1. The van der Waals surface area contributed by atoms with Gasteiger partial charge in [0.05, 0.1) is 17.6 Å². The summed E-state index contributed by atoms with van der Waals surface area (Å²) in [5.41, 5.74) is 6.48. The Hall–Kier alpha value is -2.02. The van der Waals surface area contributed by atoms with Crippen LogP contribution in [0.15, 0.2) is 18.3 Å². The number of anilines is 2. The van der Waals surface area contributed by atoms with Crippen molar-refractivity contribution in [2.45, 2.75) is 6.92 Å². The summed E-state index contributed by atoms with van der Waals surface area (Å²) in [7, 11) is 0. The highest BCUT2D eigenvalue weighted by Gasteiger charge is 2.14. The maximum Gasteiger partial charge on any atom is 0.267 e. The smallest absolute Gasteiger partial charge is 0.267 e. The number of rotatable bonds is 2. The molecule has 0 saturated heterocycles. The molecule has 0 saturated carbocycles. The number of nitrogens with one attached hydrogen (secondary N) is 1. The van der Waals surface area contributed by atoms with Crippen molar-refractivity contribution in [3.8, 4) is 0 Å². The fourth-order valence-corrected chi connectivity index (χ4v) is 1.99. The second-order valence-electron chi connectivity index (χ2n) is 3.29. The molecule has 0 bridgehead atoms. The molecule has 2 aromatic heterocycles. The number of carbonyl (C=O) groups is 1. The Kier molecular flexibility index (Phi) is 3.01. The fourth-order valence-electron chi connectivity index (χ4n) is 1.27. The standard InChI is InChI=1S/C10H9FN4OS/c1-5-8(17-10(12)14-5)9(16)15-6-2-3-7(11)13-4-6/h2-4H,1H3,(H2,12,14)(H,15,16). The number of aryl methyl sites for hydroxylation is 1. The van der Waals surface area contributed by atoms with Crippen LogP contribution >= 0.6 is 11.3 Å². The van der Waals surface area contributed by atoms with Crippen LogP contribution in [0.3, 0.4) is 0 Å². The molecule has 17 heavy (non-hydrogen) atoms. The third kappa shape index (κ3) is 2.56. The molecule has 7 heteroatoms. The molecule has 0 aromatic carbocycles. The molecule has 0 radical (unpaired) electrons. The lowest BCUT2D eigenvalue weighted by Crippen LogP contribution is -2.11. The molecule has 0 aliphatic carbocycles. The lowest BCUT2D eigenvalue weighted by molar-refractivity contribution is 0.102. The number of carbonyl (C=O) groups excluding carboxylic acids is 1. The highest BCUT2D eigenvalue weighted by molar-refractivity contribution is 7.17. The van der Waals surface area contributed by atoms with Crippen LogP contribution in [0.1, 0.15) is 15.4 Å². The summed E-state index contributed by atoms with van der Waals surface area (Å²) >= 11 is 1.11. The van der Waals surface area contributed by atoms with E-state index >= 15 is 0 Å². The van der Waals surface area contributed by atoms with Crippen LogP contribution in [0, 0.1) is 12.9 Å². The van der Waals surface area contributed by atoms with Crippen LogP contribution in [0.2, 0.25) is 0 Å². The van der Waals surface area contributed by atoms with E-state index in [1.54, 1.807) is 6.92 Å². The van der Waals surface area contributed by atoms with Crippen LogP contribution < -0.4 is 11.1 Å². The first-order chi connectivity index (χ1) is 8.06. The van der Waals surface area contributed by atoms with Gasteiger partial charge in [0, 0.05) is 0 Å². The lowest BCUT2D eigenvalue weighted by Gasteiger charge is -2.02. The van der Waals surface area contributed by atoms with Gasteiger partial charge in [-0.1, -0.05) is 11.3 Å². The molecule has 1 amide bonds. The summed E-state index contributed by atoms with van der Waals surface area (Å²) in [6.45, 7) is 1.70. The van der Waals surface area contributed by atoms with Gasteiger partial charge in [0.1, 0.15) is 4.88 Å². The van der Waals surface area contributed by atoms with Gasteiger partial charge >= 0.3 is 0 Å². The van der Waals surface area contributed by atoms with Crippen LogP contribution in [0.25, 0.3) is 0 Å². The molecule has 2 rings (SSSR count). The molecule has 0 spiro atoms. The van der Waals surface area contributed by atoms with Gasteiger partial charge in [0.2, 0.25) is 5.95 Å². The van der Waals surface area contributed by atoms with Gasteiger partial charge in [0.25, 0.3) is 5.91 Å². The van der Waals surface area contributed by atoms with Crippen LogP contribution in [-0.2, 0) is 0 Å². The van der Waals surface area contributed by atoms with E-state index < -0.39 is 5.95 Å². The molecule has 0 fully saturated rings. The first kappa shape index (κ1) is 11.5. The molecule has 2 heterocycles. The minimum Gasteiger partial charge on any atom is -0.375 e. The van der Waals surface area contributed by atoms with Crippen LogP contribution in [-0.4, -0.2) is 15.9 Å². The van der Waals surface area contributed by atoms with Crippen molar-refractivity contribution in [1.29, 1.82) is 0 Å². The second-order valence-corrected chi connectivity index (χ2v) is 4.32. The number of hydrogen-bond acceptors (Lipinski definition) is 5. The van der Waals surface area contributed by atoms with E-state index in [2.05, 4.69) is 15.3 Å². The Bertz CT molecular complexity index is 552. The van der Waals surface area contributed by atoms with E-state index in [0.29, 0.717) is 21.4 Å². The van der Waals surface area contributed by atoms with Crippen molar-refractivity contribution < 1.29 is 9.18 Å². The van der Waals surface area contributed by atoms with Crippen molar-refractivity contribution in [3.05, 3.63) is 34.8 Å².